The van der Waals surface area contributed by atoms with Crippen LogP contribution in [0.4, 0.5) is 21.5 Å². The first-order valence-electron chi connectivity index (χ1n) is 10.7. The van der Waals surface area contributed by atoms with Gasteiger partial charge in [-0.25, -0.2) is 21.2 Å². The van der Waals surface area contributed by atoms with Crippen molar-refractivity contribution in [2.45, 2.75) is 4.90 Å². The number of nitrogens with one attached hydrogen (secondary N) is 2. The summed E-state index contributed by atoms with van der Waals surface area (Å²) in [6.07, 6.45) is 0.937. The molecule has 0 saturated carbocycles. The largest absolute Gasteiger partial charge is 0.325 e. The Kier molecular flexibility index (Phi) is 6.95. The van der Waals surface area contributed by atoms with Gasteiger partial charge < -0.3 is 5.32 Å². The summed E-state index contributed by atoms with van der Waals surface area (Å²) in [5.41, 5.74) is 0.846. The van der Waals surface area contributed by atoms with Gasteiger partial charge in [0.2, 0.25) is 15.9 Å². The SMILES string of the molecule is CS(=O)(=O)N(CC(=O)Nc1ccc(S(=O)(=O)Nc2cccc3ccccc23)cc1)c1ccc(F)cc1. The molecule has 4 aromatic carbocycles. The molecule has 0 aliphatic carbocycles. The normalized spacial score (nSPS) is 11.7. The van der Waals surface area contributed by atoms with E-state index in [1.165, 1.54) is 36.4 Å². The highest BCUT2D eigenvalue weighted by Gasteiger charge is 2.21. The summed E-state index contributed by atoms with van der Waals surface area (Å²) in [4.78, 5) is 12.5. The van der Waals surface area contributed by atoms with Gasteiger partial charge in [-0.2, -0.15) is 0 Å². The van der Waals surface area contributed by atoms with Crippen molar-refractivity contribution < 1.29 is 26.0 Å². The van der Waals surface area contributed by atoms with Crippen molar-refractivity contribution in [3.8, 4) is 0 Å². The van der Waals surface area contributed by atoms with Gasteiger partial charge in [-0.3, -0.25) is 13.8 Å². The van der Waals surface area contributed by atoms with Crippen molar-refractivity contribution >= 4 is 53.8 Å². The second-order valence-corrected chi connectivity index (χ2v) is 11.5. The topological polar surface area (TPSA) is 113 Å². The van der Waals surface area contributed by atoms with Gasteiger partial charge in [0, 0.05) is 11.1 Å². The maximum absolute atomic E-state index is 13.2. The average Bonchev–Trinajstić information content (AvgIpc) is 2.83. The second kappa shape index (κ2) is 9.96. The van der Waals surface area contributed by atoms with Crippen molar-refractivity contribution in [3.63, 3.8) is 0 Å². The van der Waals surface area contributed by atoms with E-state index in [1.54, 1.807) is 12.1 Å². The van der Waals surface area contributed by atoms with Crippen molar-refractivity contribution in [2.24, 2.45) is 0 Å². The highest BCUT2D eigenvalue weighted by Crippen LogP contribution is 2.26. The van der Waals surface area contributed by atoms with E-state index in [-0.39, 0.29) is 16.3 Å². The van der Waals surface area contributed by atoms with Gasteiger partial charge in [0.1, 0.15) is 12.4 Å². The smallest absolute Gasteiger partial charge is 0.261 e. The molecule has 0 saturated heterocycles. The number of carbonyl (C=O) groups excluding carboxylic acids is 1. The lowest BCUT2D eigenvalue weighted by Crippen LogP contribution is -2.37. The van der Waals surface area contributed by atoms with Gasteiger partial charge in [-0.15, -0.1) is 0 Å². The fourth-order valence-corrected chi connectivity index (χ4v) is 5.51. The number of benzene rings is 4. The lowest BCUT2D eigenvalue weighted by Gasteiger charge is -2.21. The maximum Gasteiger partial charge on any atom is 0.261 e. The molecule has 0 bridgehead atoms. The number of anilines is 3. The molecule has 0 fully saturated rings. The van der Waals surface area contributed by atoms with Gasteiger partial charge >= 0.3 is 0 Å². The van der Waals surface area contributed by atoms with E-state index in [0.717, 1.165) is 33.5 Å². The number of fused-ring (bicyclic) bond motifs is 1. The first-order chi connectivity index (χ1) is 17.0. The fourth-order valence-electron chi connectivity index (χ4n) is 3.57. The molecule has 0 aliphatic rings. The Morgan fingerprint density at radius 2 is 1.47 bits per heavy atom. The van der Waals surface area contributed by atoms with E-state index in [2.05, 4.69) is 10.0 Å². The number of carbonyl (C=O) groups is 1. The van der Waals surface area contributed by atoms with E-state index in [9.17, 15) is 26.0 Å². The number of hydrogen-bond acceptors (Lipinski definition) is 5. The first-order valence-corrected chi connectivity index (χ1v) is 14.0. The van der Waals surface area contributed by atoms with E-state index in [1.807, 2.05) is 30.3 Å². The van der Waals surface area contributed by atoms with Gasteiger partial charge in [-0.1, -0.05) is 36.4 Å². The van der Waals surface area contributed by atoms with Gasteiger partial charge in [-0.05, 0) is 60.0 Å². The zero-order valence-corrected chi connectivity index (χ0v) is 20.7. The van der Waals surface area contributed by atoms with Crippen LogP contribution < -0.4 is 14.3 Å². The average molecular weight is 528 g/mol. The maximum atomic E-state index is 13.2. The van der Waals surface area contributed by atoms with Crippen LogP contribution in [0.25, 0.3) is 10.8 Å². The summed E-state index contributed by atoms with van der Waals surface area (Å²) < 4.78 is 66.8. The standard InChI is InChI=1S/C25H22FN3O5S2/c1-35(31,32)29(21-13-9-19(26)10-14-21)17-25(30)27-20-11-15-22(16-12-20)36(33,34)28-24-8-4-6-18-5-2-3-7-23(18)24/h2-16,28H,17H2,1H3,(H,27,30). The van der Waals surface area contributed by atoms with Crippen molar-refractivity contribution in [2.75, 3.05) is 27.1 Å². The van der Waals surface area contributed by atoms with Crippen LogP contribution in [0.2, 0.25) is 0 Å². The molecule has 4 rings (SSSR count). The molecule has 0 spiro atoms. The Bertz CT molecular complexity index is 1620. The number of amides is 1. The Balaban J connectivity index is 1.47. The third kappa shape index (κ3) is 5.81. The molecule has 0 atom stereocenters. The summed E-state index contributed by atoms with van der Waals surface area (Å²) in [5, 5.41) is 4.19. The van der Waals surface area contributed by atoms with Crippen LogP contribution in [0, 0.1) is 5.82 Å². The van der Waals surface area contributed by atoms with Crippen molar-refractivity contribution in [3.05, 3.63) is 96.8 Å². The van der Waals surface area contributed by atoms with Crippen molar-refractivity contribution in [1.29, 1.82) is 0 Å². The second-order valence-electron chi connectivity index (χ2n) is 7.95. The lowest BCUT2D eigenvalue weighted by atomic mass is 10.1. The molecule has 0 unspecified atom stereocenters. The quantitative estimate of drug-likeness (QED) is 0.357. The van der Waals surface area contributed by atoms with E-state index >= 15 is 0 Å². The summed E-state index contributed by atoms with van der Waals surface area (Å²) in [6.45, 7) is -0.548. The predicted molar refractivity (Wildman–Crippen MR) is 138 cm³/mol. The van der Waals surface area contributed by atoms with E-state index in [4.69, 9.17) is 0 Å². The van der Waals surface area contributed by atoms with Crippen LogP contribution in [0.1, 0.15) is 0 Å². The third-order valence-corrected chi connectivity index (χ3v) is 7.81. The van der Waals surface area contributed by atoms with E-state index in [0.29, 0.717) is 5.69 Å². The molecular weight excluding hydrogens is 505 g/mol. The van der Waals surface area contributed by atoms with Crippen LogP contribution >= 0.6 is 0 Å². The van der Waals surface area contributed by atoms with Crippen LogP contribution in [0.5, 0.6) is 0 Å². The van der Waals surface area contributed by atoms with Gasteiger partial charge in [0.25, 0.3) is 10.0 Å². The minimum atomic E-state index is -3.91. The molecular formula is C25H22FN3O5S2. The summed E-state index contributed by atoms with van der Waals surface area (Å²) >= 11 is 0. The van der Waals surface area contributed by atoms with Crippen LogP contribution in [0.15, 0.2) is 95.9 Å². The third-order valence-electron chi connectivity index (χ3n) is 5.28. The Hall–Kier alpha value is -3.96. The minimum absolute atomic E-state index is 0.0162. The summed E-state index contributed by atoms with van der Waals surface area (Å²) in [5.74, 6) is -1.20. The lowest BCUT2D eigenvalue weighted by molar-refractivity contribution is -0.114. The first kappa shape index (κ1) is 25.1. The number of halogens is 1. The predicted octanol–water partition coefficient (Wildman–Crippen LogP) is 4.18. The Morgan fingerprint density at radius 1 is 0.833 bits per heavy atom. The summed E-state index contributed by atoms with van der Waals surface area (Å²) in [7, 11) is -7.74. The summed E-state index contributed by atoms with van der Waals surface area (Å²) in [6, 6.07) is 22.8. The van der Waals surface area contributed by atoms with Crippen LogP contribution in [0.3, 0.4) is 0 Å². The molecule has 0 aromatic heterocycles. The van der Waals surface area contributed by atoms with Gasteiger partial charge in [0.15, 0.2) is 0 Å². The molecule has 1 amide bonds. The zero-order chi connectivity index (χ0) is 25.9. The molecule has 11 heteroatoms. The molecule has 2 N–H and O–H groups in total. The molecule has 0 aliphatic heterocycles. The molecule has 186 valence electrons. The zero-order valence-electron chi connectivity index (χ0n) is 19.1. The monoisotopic (exact) mass is 527 g/mol. The molecule has 0 radical (unpaired) electrons. The molecule has 4 aromatic rings. The minimum Gasteiger partial charge on any atom is -0.325 e. The van der Waals surface area contributed by atoms with Gasteiger partial charge in [0.05, 0.1) is 22.5 Å². The Morgan fingerprint density at radius 3 is 2.14 bits per heavy atom. The van der Waals surface area contributed by atoms with Crippen LogP contribution in [-0.2, 0) is 24.8 Å². The molecule has 36 heavy (non-hydrogen) atoms. The fraction of sp³-hybridized carbons (Fsp3) is 0.0800. The number of hydrogen-bond donors (Lipinski definition) is 2. The molecule has 0 heterocycles. The van der Waals surface area contributed by atoms with E-state index < -0.39 is 38.3 Å². The number of sulfonamides is 2. The Labute approximate surface area is 208 Å². The van der Waals surface area contributed by atoms with Crippen molar-refractivity contribution in [1.82, 2.24) is 0 Å². The highest BCUT2D eigenvalue weighted by atomic mass is 32.2. The molecule has 8 nitrogen and oxygen atoms in total. The highest BCUT2D eigenvalue weighted by molar-refractivity contribution is 7.92. The van der Waals surface area contributed by atoms with Crippen LogP contribution in [-0.4, -0.2) is 35.5 Å². The number of nitrogens with zero attached hydrogens (tertiary/aromatic N) is 1. The number of rotatable bonds is 8.